The fourth-order valence-electron chi connectivity index (χ4n) is 9.98. The zero-order valence-corrected chi connectivity index (χ0v) is 44.4. The van der Waals surface area contributed by atoms with Gasteiger partial charge in [0, 0.05) is 92.6 Å². The second-order valence-corrected chi connectivity index (χ2v) is 21.3. The Morgan fingerprint density at radius 1 is 0.611 bits per heavy atom. The Balaban J connectivity index is 0.00000705. The number of nitrogens with zero attached hydrogens (tertiary/aromatic N) is 4. The second-order valence-electron chi connectivity index (χ2n) is 20.3. The van der Waals surface area contributed by atoms with Gasteiger partial charge in [-0.1, -0.05) is 144 Å². The maximum atomic E-state index is 9.35. The summed E-state index contributed by atoms with van der Waals surface area (Å²) in [5.41, 5.74) is 7.54. The molecule has 0 saturated carbocycles. The number of hydrogen-bond acceptors (Lipinski definition) is 5. The Labute approximate surface area is 455 Å². The van der Waals surface area contributed by atoms with Crippen molar-refractivity contribution in [2.45, 2.75) is 73.1 Å². The van der Waals surface area contributed by atoms with Gasteiger partial charge in [0.1, 0.15) is 5.82 Å². The Hall–Kier alpha value is -6.98. The molecule has 0 unspecified atom stereocenters. The molecular formula is C65H55N4OPtS-3. The Morgan fingerprint density at radius 3 is 1.90 bits per heavy atom. The van der Waals surface area contributed by atoms with Crippen LogP contribution in [0.4, 0.5) is 22.7 Å². The molecule has 0 bridgehead atoms. The monoisotopic (exact) mass is 1140 g/mol. The fourth-order valence-corrected chi connectivity index (χ4v) is 11.2. The summed E-state index contributed by atoms with van der Waals surface area (Å²) in [5, 5.41) is 4.49. The molecule has 360 valence electrons. The first-order valence-electron chi connectivity index (χ1n) is 28.7. The molecule has 0 radical (unpaired) electrons. The van der Waals surface area contributed by atoms with Crippen LogP contribution >= 0.6 is 11.3 Å². The zero-order chi connectivity index (χ0) is 57.6. The number of anilines is 4. The predicted molar refractivity (Wildman–Crippen MR) is 300 cm³/mol. The SMILES string of the molecule is [2H]c1c([2H])c([2H])c(-c2c(C)c(C)c(C)c(-c3c([2H])c([2H])c([2H])c([2H])c3[2H])c2N2[CH-]N(c3[c-]c(Oc4[c-]c5c(cc4)c4c6sc7ccccc7c6ccc4n5-c4cc(C(C)(C)C)ccn4)cc(C(C)(C)C)c3)c3ccccc32)c([2H])c1[2H].[Pt]. The predicted octanol–water partition coefficient (Wildman–Crippen LogP) is 18.2. The van der Waals surface area contributed by atoms with Gasteiger partial charge in [-0.2, -0.15) is 6.07 Å². The molecule has 1 aliphatic rings. The fraction of sp³-hybridized carbons (Fsp3) is 0.169. The van der Waals surface area contributed by atoms with Gasteiger partial charge >= 0.3 is 0 Å². The van der Waals surface area contributed by atoms with Crippen molar-refractivity contribution in [3.8, 4) is 39.6 Å². The van der Waals surface area contributed by atoms with Gasteiger partial charge < -0.3 is 19.1 Å². The van der Waals surface area contributed by atoms with E-state index in [1.54, 1.807) is 11.3 Å². The molecule has 0 atom stereocenters. The third-order valence-electron chi connectivity index (χ3n) is 13.9. The van der Waals surface area contributed by atoms with Crippen molar-refractivity contribution in [1.82, 2.24) is 9.55 Å². The van der Waals surface area contributed by atoms with E-state index in [-0.39, 0.29) is 54.4 Å². The first-order valence-corrected chi connectivity index (χ1v) is 24.5. The number of rotatable bonds is 7. The van der Waals surface area contributed by atoms with Gasteiger partial charge in [0.2, 0.25) is 0 Å². The van der Waals surface area contributed by atoms with Gasteiger partial charge in [-0.15, -0.1) is 65.0 Å². The Bertz CT molecular complexity index is 4370. The van der Waals surface area contributed by atoms with E-state index in [2.05, 4.69) is 113 Å². The van der Waals surface area contributed by atoms with E-state index in [0.29, 0.717) is 45.3 Å². The van der Waals surface area contributed by atoms with Crippen LogP contribution in [0.25, 0.3) is 70.0 Å². The number of hydrogen-bond donors (Lipinski definition) is 0. The van der Waals surface area contributed by atoms with Gasteiger partial charge in [0.25, 0.3) is 0 Å². The van der Waals surface area contributed by atoms with Crippen LogP contribution in [0, 0.1) is 39.6 Å². The minimum Gasteiger partial charge on any atom is -0.509 e. The molecule has 0 spiro atoms. The number of aromatic nitrogens is 2. The molecule has 5 nitrogen and oxygen atoms in total. The van der Waals surface area contributed by atoms with Crippen molar-refractivity contribution >= 4 is 76.1 Å². The van der Waals surface area contributed by atoms with Crippen LogP contribution in [0.2, 0.25) is 0 Å². The second kappa shape index (κ2) is 17.9. The number of ether oxygens (including phenoxy) is 1. The van der Waals surface area contributed by atoms with Crippen molar-refractivity contribution in [3.63, 3.8) is 0 Å². The van der Waals surface area contributed by atoms with E-state index in [9.17, 15) is 5.48 Å². The molecule has 4 heterocycles. The number of benzene rings is 8. The van der Waals surface area contributed by atoms with Gasteiger partial charge in [0.05, 0.1) is 13.7 Å². The molecule has 1 aliphatic heterocycles. The zero-order valence-electron chi connectivity index (χ0n) is 51.3. The summed E-state index contributed by atoms with van der Waals surface area (Å²) >= 11 is 1.77. The van der Waals surface area contributed by atoms with Crippen molar-refractivity contribution in [2.24, 2.45) is 0 Å². The number of pyridine rings is 1. The van der Waals surface area contributed by atoms with Crippen molar-refractivity contribution in [3.05, 3.63) is 210 Å². The molecule has 0 amide bonds. The van der Waals surface area contributed by atoms with E-state index in [1.807, 2.05) is 85.9 Å². The largest absolute Gasteiger partial charge is 0.509 e. The summed E-state index contributed by atoms with van der Waals surface area (Å²) in [5.74, 6) is 1.61. The summed E-state index contributed by atoms with van der Waals surface area (Å²) < 4.78 is 101. The molecule has 0 aliphatic carbocycles. The molecule has 0 fully saturated rings. The molecule has 8 aromatic carbocycles. The number of thiophene rings is 1. The van der Waals surface area contributed by atoms with Crippen molar-refractivity contribution < 1.29 is 39.5 Å². The van der Waals surface area contributed by atoms with Gasteiger partial charge in [-0.25, -0.2) is 4.98 Å². The maximum Gasteiger partial charge on any atom is 0.135 e. The molecule has 0 saturated heterocycles. The summed E-state index contributed by atoms with van der Waals surface area (Å²) in [6.45, 7) is 20.2. The normalized spacial score (nSPS) is 14.8. The van der Waals surface area contributed by atoms with E-state index in [0.717, 1.165) is 38.8 Å². The minimum atomic E-state index is -0.560. The summed E-state index contributed by atoms with van der Waals surface area (Å²) in [6.07, 6.45) is 1.86. The van der Waals surface area contributed by atoms with Crippen LogP contribution < -0.4 is 14.5 Å². The van der Waals surface area contributed by atoms with Crippen LogP contribution in [0.1, 0.15) is 83.1 Å². The van der Waals surface area contributed by atoms with Gasteiger partial charge in [0.15, 0.2) is 0 Å². The molecular weight excluding hydrogens is 1080 g/mol. The van der Waals surface area contributed by atoms with Crippen molar-refractivity contribution in [1.29, 1.82) is 0 Å². The molecule has 0 N–H and O–H groups in total. The Morgan fingerprint density at radius 2 is 1.24 bits per heavy atom. The standard InChI is InChI=1S/C65H55N4OS.Pt/c1-40-41(2)59(43-20-12-10-13-21-43)62(60(42(40)3)44-22-14-11-15-23-44)68-39-67(53-25-17-18-26-54(53)68)47-34-46(65(7,8)9)35-49(37-47)70-48-28-29-52-56(38-48)69(58-36-45(32-33-66-58)64(4,5)6)55-31-30-51-50-24-16-19-27-57(50)71-63(51)61(52)55;/h10-36,39H,1-9H3;/q-3;/i10D,11D,12D,13D,14D,15D,20D,21D,22D,23D;. The van der Waals surface area contributed by atoms with E-state index in [4.69, 9.17) is 17.9 Å². The summed E-state index contributed by atoms with van der Waals surface area (Å²) in [6, 6.07) is 35.0. The van der Waals surface area contributed by atoms with Crippen LogP contribution in [0.15, 0.2) is 164 Å². The molecule has 7 heteroatoms. The maximum absolute atomic E-state index is 9.35. The molecule has 3 aromatic heterocycles. The smallest absolute Gasteiger partial charge is 0.135 e. The topological polar surface area (TPSA) is 33.5 Å². The van der Waals surface area contributed by atoms with Gasteiger partial charge in [-0.3, -0.25) is 0 Å². The van der Waals surface area contributed by atoms with E-state index in [1.165, 1.54) is 20.2 Å². The van der Waals surface area contributed by atoms with Gasteiger partial charge in [-0.05, 0) is 107 Å². The average Bonchev–Trinajstić information content (AvgIpc) is 3.59. The summed E-state index contributed by atoms with van der Waals surface area (Å²) in [7, 11) is 0. The van der Waals surface area contributed by atoms with E-state index >= 15 is 0 Å². The first-order chi connectivity index (χ1) is 38.4. The van der Waals surface area contributed by atoms with Crippen LogP contribution in [-0.2, 0) is 31.9 Å². The Kier molecular flexibility index (Phi) is 9.19. The quantitative estimate of drug-likeness (QED) is 0.149. The molecule has 11 aromatic rings. The third kappa shape index (κ3) is 7.91. The number of para-hydroxylation sites is 2. The average molecular weight is 1150 g/mol. The molecule has 12 rings (SSSR count). The summed E-state index contributed by atoms with van der Waals surface area (Å²) in [4.78, 5) is 8.74. The van der Waals surface area contributed by atoms with E-state index < -0.39 is 65.8 Å². The molecule has 72 heavy (non-hydrogen) atoms. The van der Waals surface area contributed by atoms with Crippen LogP contribution in [0.3, 0.4) is 0 Å². The first kappa shape index (κ1) is 36.9. The number of fused-ring (bicyclic) bond motifs is 8. The van der Waals surface area contributed by atoms with Crippen LogP contribution in [0.5, 0.6) is 11.5 Å². The minimum absolute atomic E-state index is 0. The van der Waals surface area contributed by atoms with Crippen LogP contribution in [-0.4, -0.2) is 9.55 Å². The van der Waals surface area contributed by atoms with Crippen molar-refractivity contribution in [2.75, 3.05) is 9.80 Å². The third-order valence-corrected chi connectivity index (χ3v) is 15.1.